The van der Waals surface area contributed by atoms with Gasteiger partial charge in [0.25, 0.3) is 0 Å². The molecule has 1 heterocycles. The second-order valence-corrected chi connectivity index (χ2v) is 4.07. The summed E-state index contributed by atoms with van der Waals surface area (Å²) >= 11 is 0. The molecule has 0 aliphatic rings. The molecule has 2 rings (SSSR count). The van der Waals surface area contributed by atoms with Gasteiger partial charge in [0.2, 0.25) is 0 Å². The highest BCUT2D eigenvalue weighted by molar-refractivity contribution is 5.33. The molecular weight excluding hydrogens is 217 g/mol. The van der Waals surface area contributed by atoms with Gasteiger partial charge in [-0.05, 0) is 37.1 Å². The summed E-state index contributed by atoms with van der Waals surface area (Å²) in [5.74, 6) is 0.291. The first kappa shape index (κ1) is 11.6. The molecule has 1 aromatic heterocycles. The van der Waals surface area contributed by atoms with E-state index in [-0.39, 0.29) is 5.82 Å². The Labute approximate surface area is 100 Å². The van der Waals surface area contributed by atoms with E-state index in [0.717, 1.165) is 16.7 Å². The van der Waals surface area contributed by atoms with Crippen LogP contribution in [0.1, 0.15) is 16.7 Å². The molecule has 17 heavy (non-hydrogen) atoms. The lowest BCUT2D eigenvalue weighted by Crippen LogP contribution is -1.98. The molecule has 0 atom stereocenters. The van der Waals surface area contributed by atoms with Gasteiger partial charge in [-0.1, -0.05) is 6.07 Å². The van der Waals surface area contributed by atoms with E-state index in [4.69, 9.17) is 4.74 Å². The van der Waals surface area contributed by atoms with E-state index >= 15 is 0 Å². The van der Waals surface area contributed by atoms with Gasteiger partial charge in [0.15, 0.2) is 0 Å². The third-order valence-corrected chi connectivity index (χ3v) is 2.48. The minimum absolute atomic E-state index is 0.284. The van der Waals surface area contributed by atoms with Crippen molar-refractivity contribution in [1.82, 2.24) is 4.98 Å². The highest BCUT2D eigenvalue weighted by Gasteiger charge is 2.02. The summed E-state index contributed by atoms with van der Waals surface area (Å²) in [4.78, 5) is 4.08. The van der Waals surface area contributed by atoms with Crippen molar-refractivity contribution in [3.8, 4) is 5.75 Å². The molecule has 1 aromatic carbocycles. The maximum absolute atomic E-state index is 13.0. The molecule has 0 radical (unpaired) electrons. The normalized spacial score (nSPS) is 10.3. The van der Waals surface area contributed by atoms with Crippen LogP contribution in [0.2, 0.25) is 0 Å². The number of aromatic nitrogens is 1. The molecular formula is C14H14FNO. The molecule has 0 saturated heterocycles. The molecule has 88 valence electrons. The monoisotopic (exact) mass is 231 g/mol. The highest BCUT2D eigenvalue weighted by Crippen LogP contribution is 2.20. The number of pyridine rings is 1. The molecule has 0 spiro atoms. The fraction of sp³-hybridized carbons (Fsp3) is 0.214. The molecule has 0 amide bonds. The Hall–Kier alpha value is -1.90. The van der Waals surface area contributed by atoms with Crippen LogP contribution in [-0.2, 0) is 6.61 Å². The fourth-order valence-corrected chi connectivity index (χ4v) is 1.59. The van der Waals surface area contributed by atoms with Crippen molar-refractivity contribution in [1.29, 1.82) is 0 Å². The van der Waals surface area contributed by atoms with Crippen molar-refractivity contribution in [3.05, 3.63) is 59.2 Å². The van der Waals surface area contributed by atoms with Crippen LogP contribution in [0, 0.1) is 19.7 Å². The van der Waals surface area contributed by atoms with Crippen LogP contribution in [0.25, 0.3) is 0 Å². The summed E-state index contributed by atoms with van der Waals surface area (Å²) in [6.07, 6.45) is 3.54. The van der Waals surface area contributed by atoms with Crippen LogP contribution in [0.4, 0.5) is 4.39 Å². The first-order chi connectivity index (χ1) is 8.15. The fourth-order valence-electron chi connectivity index (χ4n) is 1.59. The second kappa shape index (κ2) is 4.95. The molecule has 3 heteroatoms. The van der Waals surface area contributed by atoms with E-state index in [9.17, 15) is 4.39 Å². The zero-order chi connectivity index (χ0) is 12.3. The van der Waals surface area contributed by atoms with E-state index in [0.29, 0.717) is 12.4 Å². The van der Waals surface area contributed by atoms with Gasteiger partial charge in [-0.25, -0.2) is 4.39 Å². The van der Waals surface area contributed by atoms with Gasteiger partial charge >= 0.3 is 0 Å². The van der Waals surface area contributed by atoms with E-state index in [1.807, 2.05) is 19.9 Å². The summed E-state index contributed by atoms with van der Waals surface area (Å²) in [6.45, 7) is 4.27. The van der Waals surface area contributed by atoms with E-state index in [2.05, 4.69) is 4.98 Å². The van der Waals surface area contributed by atoms with Gasteiger partial charge in [0, 0.05) is 24.0 Å². The predicted octanol–water partition coefficient (Wildman–Crippen LogP) is 3.42. The Bertz CT molecular complexity index is 525. The number of nitrogens with zero attached hydrogens (tertiary/aromatic N) is 1. The molecule has 0 fully saturated rings. The lowest BCUT2D eigenvalue weighted by Gasteiger charge is -2.09. The first-order valence-electron chi connectivity index (χ1n) is 5.44. The quantitative estimate of drug-likeness (QED) is 0.807. The van der Waals surface area contributed by atoms with Crippen LogP contribution >= 0.6 is 0 Å². The molecule has 0 saturated carbocycles. The smallest absolute Gasteiger partial charge is 0.126 e. The number of hydrogen-bond donors (Lipinski definition) is 0. The van der Waals surface area contributed by atoms with Gasteiger partial charge in [-0.2, -0.15) is 0 Å². The minimum Gasteiger partial charge on any atom is -0.488 e. The Morgan fingerprint density at radius 2 is 2.00 bits per heavy atom. The highest BCUT2D eigenvalue weighted by atomic mass is 19.1. The van der Waals surface area contributed by atoms with Crippen molar-refractivity contribution in [2.75, 3.05) is 0 Å². The summed E-state index contributed by atoms with van der Waals surface area (Å²) < 4.78 is 18.6. The van der Waals surface area contributed by atoms with Gasteiger partial charge in [-0.3, -0.25) is 4.98 Å². The van der Waals surface area contributed by atoms with Crippen LogP contribution in [0.3, 0.4) is 0 Å². The van der Waals surface area contributed by atoms with Crippen molar-refractivity contribution in [2.45, 2.75) is 20.5 Å². The Morgan fingerprint density at radius 1 is 1.18 bits per heavy atom. The lowest BCUT2D eigenvalue weighted by atomic mass is 10.2. The Kier molecular flexibility index (Phi) is 3.38. The summed E-state index contributed by atoms with van der Waals surface area (Å²) in [5, 5.41) is 0. The molecule has 2 nitrogen and oxygen atoms in total. The number of hydrogen-bond acceptors (Lipinski definition) is 2. The summed E-state index contributed by atoms with van der Waals surface area (Å²) in [6, 6.07) is 6.54. The molecule has 0 aliphatic carbocycles. The van der Waals surface area contributed by atoms with E-state index in [1.165, 1.54) is 12.1 Å². The minimum atomic E-state index is -0.284. The van der Waals surface area contributed by atoms with Gasteiger partial charge in [0.1, 0.15) is 18.2 Å². The van der Waals surface area contributed by atoms with Crippen LogP contribution < -0.4 is 4.74 Å². The van der Waals surface area contributed by atoms with Crippen molar-refractivity contribution in [2.24, 2.45) is 0 Å². The van der Waals surface area contributed by atoms with Crippen molar-refractivity contribution >= 4 is 0 Å². The van der Waals surface area contributed by atoms with Gasteiger partial charge in [0.05, 0.1) is 0 Å². The lowest BCUT2D eigenvalue weighted by molar-refractivity contribution is 0.302. The standard InChI is InChI=1S/C14H14FNO/c1-10-5-12(8-16-7-10)9-17-14-6-13(15)4-3-11(14)2/h3-8H,9H2,1-2H3. The zero-order valence-electron chi connectivity index (χ0n) is 9.90. The van der Waals surface area contributed by atoms with E-state index in [1.54, 1.807) is 18.5 Å². The summed E-state index contributed by atoms with van der Waals surface area (Å²) in [5.41, 5.74) is 2.99. The SMILES string of the molecule is Cc1cncc(COc2cc(F)ccc2C)c1. The van der Waals surface area contributed by atoms with Crippen molar-refractivity contribution in [3.63, 3.8) is 0 Å². The third-order valence-electron chi connectivity index (χ3n) is 2.48. The largest absolute Gasteiger partial charge is 0.488 e. The average Bonchev–Trinajstić information content (AvgIpc) is 2.30. The van der Waals surface area contributed by atoms with Crippen LogP contribution in [0.5, 0.6) is 5.75 Å². The molecule has 2 aromatic rings. The topological polar surface area (TPSA) is 22.1 Å². The van der Waals surface area contributed by atoms with Crippen molar-refractivity contribution < 1.29 is 9.13 Å². The maximum atomic E-state index is 13.0. The Balaban J connectivity index is 2.09. The number of halogens is 1. The molecule has 0 aliphatic heterocycles. The molecule has 0 bridgehead atoms. The van der Waals surface area contributed by atoms with Crippen LogP contribution in [0.15, 0.2) is 36.7 Å². The zero-order valence-corrected chi connectivity index (χ0v) is 9.90. The van der Waals surface area contributed by atoms with Gasteiger partial charge < -0.3 is 4.74 Å². The maximum Gasteiger partial charge on any atom is 0.126 e. The predicted molar refractivity (Wildman–Crippen MR) is 64.4 cm³/mol. The first-order valence-corrected chi connectivity index (χ1v) is 5.44. The number of rotatable bonds is 3. The summed E-state index contributed by atoms with van der Waals surface area (Å²) in [7, 11) is 0. The number of benzene rings is 1. The third kappa shape index (κ3) is 3.03. The second-order valence-electron chi connectivity index (χ2n) is 4.07. The molecule has 0 unspecified atom stereocenters. The van der Waals surface area contributed by atoms with E-state index < -0.39 is 0 Å². The molecule has 0 N–H and O–H groups in total. The van der Waals surface area contributed by atoms with Gasteiger partial charge in [-0.15, -0.1) is 0 Å². The number of ether oxygens (including phenoxy) is 1. The Morgan fingerprint density at radius 3 is 2.76 bits per heavy atom. The average molecular weight is 231 g/mol. The van der Waals surface area contributed by atoms with Crippen LogP contribution in [-0.4, -0.2) is 4.98 Å². The number of aryl methyl sites for hydroxylation is 2.